The van der Waals surface area contributed by atoms with E-state index in [1.165, 1.54) is 7.11 Å². The van der Waals surface area contributed by atoms with Gasteiger partial charge in [0.2, 0.25) is 0 Å². The maximum absolute atomic E-state index is 12.0. The van der Waals surface area contributed by atoms with E-state index >= 15 is 0 Å². The second-order valence-electron chi connectivity index (χ2n) is 4.63. The van der Waals surface area contributed by atoms with Crippen molar-refractivity contribution in [1.82, 2.24) is 5.32 Å². The van der Waals surface area contributed by atoms with Gasteiger partial charge < -0.3 is 15.2 Å². The van der Waals surface area contributed by atoms with Crippen LogP contribution in [-0.4, -0.2) is 36.7 Å². The lowest BCUT2D eigenvalue weighted by Crippen LogP contribution is -2.37. The third kappa shape index (κ3) is 3.24. The lowest BCUT2D eigenvalue weighted by atomic mass is 9.95. The Kier molecular flexibility index (Phi) is 4.53. The van der Waals surface area contributed by atoms with E-state index in [-0.39, 0.29) is 12.5 Å². The molecule has 1 unspecified atom stereocenters. The molecule has 1 aromatic rings. The Balaban J connectivity index is 2.03. The zero-order valence-corrected chi connectivity index (χ0v) is 11.3. The van der Waals surface area contributed by atoms with Crippen LogP contribution in [0.2, 0.25) is 0 Å². The number of fused-ring (bicyclic) bond motifs is 1. The standard InChI is InChI=1S/C15H17NO4/c1-20-13(15(18)19)9-16-14(17)12-7-6-10-4-2-3-5-11(10)8-12/h2,4,6-8,13H,3,5,9H2,1H3,(H,16,17)(H,18,19). The Hall–Kier alpha value is -2.14. The number of aliphatic carboxylic acids is 1. The smallest absolute Gasteiger partial charge is 0.334 e. The number of carboxylic acid groups (broad SMARTS) is 1. The Morgan fingerprint density at radius 2 is 2.25 bits per heavy atom. The molecule has 2 N–H and O–H groups in total. The second-order valence-corrected chi connectivity index (χ2v) is 4.63. The average Bonchev–Trinajstić information content (AvgIpc) is 2.46. The topological polar surface area (TPSA) is 75.6 Å². The van der Waals surface area contributed by atoms with Crippen LogP contribution < -0.4 is 5.32 Å². The fourth-order valence-electron chi connectivity index (χ4n) is 2.13. The quantitative estimate of drug-likeness (QED) is 0.853. The normalized spacial score (nSPS) is 14.4. The van der Waals surface area contributed by atoms with Gasteiger partial charge in [0, 0.05) is 12.7 Å². The Morgan fingerprint density at radius 1 is 1.45 bits per heavy atom. The minimum atomic E-state index is -1.09. The largest absolute Gasteiger partial charge is 0.479 e. The fourth-order valence-corrected chi connectivity index (χ4v) is 2.13. The van der Waals surface area contributed by atoms with Gasteiger partial charge in [0.15, 0.2) is 6.10 Å². The van der Waals surface area contributed by atoms with E-state index in [9.17, 15) is 9.59 Å². The van der Waals surface area contributed by atoms with Crippen molar-refractivity contribution in [1.29, 1.82) is 0 Å². The van der Waals surface area contributed by atoms with Gasteiger partial charge in [-0.1, -0.05) is 18.2 Å². The SMILES string of the molecule is COC(CNC(=O)c1ccc2c(c1)CCC=C2)C(=O)O. The summed E-state index contributed by atoms with van der Waals surface area (Å²) in [5.41, 5.74) is 2.81. The molecular formula is C15H17NO4. The third-order valence-electron chi connectivity index (χ3n) is 3.29. The zero-order chi connectivity index (χ0) is 14.5. The van der Waals surface area contributed by atoms with Crippen molar-refractivity contribution in [3.63, 3.8) is 0 Å². The van der Waals surface area contributed by atoms with Crippen LogP contribution in [0.25, 0.3) is 6.08 Å². The highest BCUT2D eigenvalue weighted by Crippen LogP contribution is 2.20. The molecule has 0 saturated heterocycles. The van der Waals surface area contributed by atoms with Crippen LogP contribution in [-0.2, 0) is 16.0 Å². The summed E-state index contributed by atoms with van der Waals surface area (Å²) in [6.07, 6.45) is 5.02. The first-order chi connectivity index (χ1) is 9.61. The highest BCUT2D eigenvalue weighted by Gasteiger charge is 2.18. The fraction of sp³-hybridized carbons (Fsp3) is 0.333. The Labute approximate surface area is 117 Å². The molecule has 5 heteroatoms. The van der Waals surface area contributed by atoms with Crippen LogP contribution in [0.15, 0.2) is 24.3 Å². The number of nitrogens with one attached hydrogen (secondary N) is 1. The maximum Gasteiger partial charge on any atom is 0.334 e. The molecular weight excluding hydrogens is 258 g/mol. The molecule has 2 rings (SSSR count). The molecule has 106 valence electrons. The number of amides is 1. The van der Waals surface area contributed by atoms with Gasteiger partial charge in [-0.15, -0.1) is 0 Å². The second kappa shape index (κ2) is 6.34. The van der Waals surface area contributed by atoms with Crippen molar-refractivity contribution in [2.45, 2.75) is 18.9 Å². The third-order valence-corrected chi connectivity index (χ3v) is 3.29. The van der Waals surface area contributed by atoms with Crippen LogP contribution in [0.1, 0.15) is 27.9 Å². The van der Waals surface area contributed by atoms with Crippen molar-refractivity contribution in [3.8, 4) is 0 Å². The van der Waals surface area contributed by atoms with E-state index in [0.717, 1.165) is 24.0 Å². The number of ether oxygens (including phenoxy) is 1. The summed E-state index contributed by atoms with van der Waals surface area (Å²) in [4.78, 5) is 22.8. The zero-order valence-electron chi connectivity index (χ0n) is 11.3. The lowest BCUT2D eigenvalue weighted by molar-refractivity contribution is -0.148. The number of rotatable bonds is 5. The molecule has 0 aromatic heterocycles. The van der Waals surface area contributed by atoms with Crippen LogP contribution >= 0.6 is 0 Å². The molecule has 0 radical (unpaired) electrons. The molecule has 0 saturated carbocycles. The maximum atomic E-state index is 12.0. The molecule has 1 aliphatic carbocycles. The van der Waals surface area contributed by atoms with E-state index in [0.29, 0.717) is 5.56 Å². The summed E-state index contributed by atoms with van der Waals surface area (Å²) in [5.74, 6) is -1.38. The Morgan fingerprint density at radius 3 is 2.95 bits per heavy atom. The molecule has 1 amide bonds. The summed E-state index contributed by atoms with van der Waals surface area (Å²) in [6.45, 7) is -0.0539. The van der Waals surface area contributed by atoms with Crippen molar-refractivity contribution >= 4 is 18.0 Å². The van der Waals surface area contributed by atoms with Crippen molar-refractivity contribution in [3.05, 3.63) is 41.0 Å². The monoisotopic (exact) mass is 275 g/mol. The van der Waals surface area contributed by atoms with Crippen LogP contribution in [0.4, 0.5) is 0 Å². The highest BCUT2D eigenvalue weighted by atomic mass is 16.5. The van der Waals surface area contributed by atoms with E-state index in [1.807, 2.05) is 18.2 Å². The van der Waals surface area contributed by atoms with E-state index in [1.54, 1.807) is 6.07 Å². The molecule has 20 heavy (non-hydrogen) atoms. The van der Waals surface area contributed by atoms with E-state index in [2.05, 4.69) is 11.4 Å². The van der Waals surface area contributed by atoms with Gasteiger partial charge in [-0.05, 0) is 36.1 Å². The predicted molar refractivity (Wildman–Crippen MR) is 74.6 cm³/mol. The number of methoxy groups -OCH3 is 1. The number of hydrogen-bond donors (Lipinski definition) is 2. The van der Waals surface area contributed by atoms with Gasteiger partial charge in [0.25, 0.3) is 5.91 Å². The first-order valence-electron chi connectivity index (χ1n) is 6.45. The number of carboxylic acids is 1. The van der Waals surface area contributed by atoms with Crippen LogP contribution in [0.3, 0.4) is 0 Å². The summed E-state index contributed by atoms with van der Waals surface area (Å²) in [6, 6.07) is 5.51. The van der Waals surface area contributed by atoms with E-state index < -0.39 is 12.1 Å². The lowest BCUT2D eigenvalue weighted by Gasteiger charge is -2.14. The van der Waals surface area contributed by atoms with Gasteiger partial charge >= 0.3 is 5.97 Å². The number of carbonyl (C=O) groups excluding carboxylic acids is 1. The van der Waals surface area contributed by atoms with Gasteiger partial charge in [-0.2, -0.15) is 0 Å². The predicted octanol–water partition coefficient (Wildman–Crippen LogP) is 1.48. The molecule has 5 nitrogen and oxygen atoms in total. The number of benzene rings is 1. The van der Waals surface area contributed by atoms with Crippen molar-refractivity contribution in [2.75, 3.05) is 13.7 Å². The summed E-state index contributed by atoms with van der Waals surface area (Å²) in [7, 11) is 1.30. The van der Waals surface area contributed by atoms with Crippen LogP contribution in [0.5, 0.6) is 0 Å². The average molecular weight is 275 g/mol. The number of allylic oxidation sites excluding steroid dienone is 1. The first-order valence-corrected chi connectivity index (χ1v) is 6.45. The molecule has 0 spiro atoms. The summed E-state index contributed by atoms with van der Waals surface area (Å²) in [5, 5.41) is 11.4. The van der Waals surface area contributed by atoms with Gasteiger partial charge in [0.1, 0.15) is 0 Å². The van der Waals surface area contributed by atoms with Gasteiger partial charge in [-0.3, -0.25) is 4.79 Å². The van der Waals surface area contributed by atoms with Crippen LogP contribution in [0, 0.1) is 0 Å². The van der Waals surface area contributed by atoms with E-state index in [4.69, 9.17) is 9.84 Å². The van der Waals surface area contributed by atoms with Gasteiger partial charge in [0.05, 0.1) is 6.54 Å². The summed E-state index contributed by atoms with van der Waals surface area (Å²) >= 11 is 0. The molecule has 1 aromatic carbocycles. The molecule has 0 fully saturated rings. The Bertz CT molecular complexity index is 551. The minimum Gasteiger partial charge on any atom is -0.479 e. The molecule has 1 atom stereocenters. The first kappa shape index (κ1) is 14.3. The molecule has 0 bridgehead atoms. The number of carbonyl (C=O) groups is 2. The highest BCUT2D eigenvalue weighted by molar-refractivity contribution is 5.95. The van der Waals surface area contributed by atoms with Gasteiger partial charge in [-0.25, -0.2) is 4.79 Å². The van der Waals surface area contributed by atoms with Crippen molar-refractivity contribution in [2.24, 2.45) is 0 Å². The number of aryl methyl sites for hydroxylation is 1. The molecule has 0 heterocycles. The number of hydrogen-bond acceptors (Lipinski definition) is 3. The van der Waals surface area contributed by atoms with Crippen molar-refractivity contribution < 1.29 is 19.4 Å². The molecule has 1 aliphatic rings. The molecule has 0 aliphatic heterocycles. The summed E-state index contributed by atoms with van der Waals surface area (Å²) < 4.78 is 4.77. The minimum absolute atomic E-state index is 0.0539.